The van der Waals surface area contributed by atoms with E-state index >= 15 is 0 Å². The van der Waals surface area contributed by atoms with Crippen LogP contribution in [0.3, 0.4) is 0 Å². The van der Waals surface area contributed by atoms with Crippen molar-refractivity contribution >= 4 is 21.8 Å². The Morgan fingerprint density at radius 1 is 1.35 bits per heavy atom. The second-order valence-electron chi connectivity index (χ2n) is 4.06. The molecule has 0 radical (unpaired) electrons. The zero-order chi connectivity index (χ0) is 12.0. The van der Waals surface area contributed by atoms with Gasteiger partial charge < -0.3 is 4.90 Å². The molecule has 1 aliphatic rings. The summed E-state index contributed by atoms with van der Waals surface area (Å²) >= 11 is 3.45. The fraction of sp³-hybridized carbons (Fsp3) is 0.167. The molecular weight excluding hydrogens is 282 g/mol. The topological polar surface area (TPSA) is 38.1 Å². The third-order valence-electron chi connectivity index (χ3n) is 2.89. The first-order valence-corrected chi connectivity index (χ1v) is 6.04. The van der Waals surface area contributed by atoms with Crippen LogP contribution in [0.4, 0.5) is 0 Å². The van der Waals surface area contributed by atoms with Gasteiger partial charge in [-0.25, -0.2) is 4.68 Å². The van der Waals surface area contributed by atoms with Crippen LogP contribution in [0.5, 0.6) is 0 Å². The van der Waals surface area contributed by atoms with Crippen LogP contribution in [0, 0.1) is 0 Å². The van der Waals surface area contributed by atoms with Gasteiger partial charge in [-0.15, -0.1) is 0 Å². The number of fused-ring (bicyclic) bond motifs is 3. The highest BCUT2D eigenvalue weighted by atomic mass is 79.9. The summed E-state index contributed by atoms with van der Waals surface area (Å²) < 4.78 is 2.68. The third kappa shape index (κ3) is 1.58. The first kappa shape index (κ1) is 10.5. The Bertz CT molecular complexity index is 606. The van der Waals surface area contributed by atoms with Crippen molar-refractivity contribution in [3.05, 3.63) is 46.2 Å². The highest BCUT2D eigenvalue weighted by molar-refractivity contribution is 9.10. The predicted octanol–water partition coefficient (Wildman–Crippen LogP) is 2.22. The molecule has 0 N–H and O–H groups in total. The average Bonchev–Trinajstić information content (AvgIpc) is 2.75. The van der Waals surface area contributed by atoms with E-state index in [-0.39, 0.29) is 5.91 Å². The molecule has 0 spiro atoms. The van der Waals surface area contributed by atoms with Gasteiger partial charge in [-0.1, -0.05) is 22.0 Å². The smallest absolute Gasteiger partial charge is 0.272 e. The summed E-state index contributed by atoms with van der Waals surface area (Å²) in [5, 5.41) is 4.23. The molecule has 0 saturated heterocycles. The Kier molecular flexibility index (Phi) is 2.29. The lowest BCUT2D eigenvalue weighted by molar-refractivity contribution is 0.0781. The predicted molar refractivity (Wildman–Crippen MR) is 67.1 cm³/mol. The molecule has 2 heterocycles. The van der Waals surface area contributed by atoms with Crippen molar-refractivity contribution < 1.29 is 4.79 Å². The summed E-state index contributed by atoms with van der Waals surface area (Å²) in [6.45, 7) is 0.602. The van der Waals surface area contributed by atoms with E-state index in [0.717, 1.165) is 15.7 Å². The molecule has 3 rings (SSSR count). The van der Waals surface area contributed by atoms with Gasteiger partial charge in [0.1, 0.15) is 5.69 Å². The zero-order valence-electron chi connectivity index (χ0n) is 9.22. The van der Waals surface area contributed by atoms with Gasteiger partial charge in [0.25, 0.3) is 5.91 Å². The second-order valence-corrected chi connectivity index (χ2v) is 4.98. The maximum Gasteiger partial charge on any atom is 0.272 e. The highest BCUT2D eigenvalue weighted by Crippen LogP contribution is 2.25. The van der Waals surface area contributed by atoms with Gasteiger partial charge in [0.2, 0.25) is 0 Å². The normalized spacial score (nSPS) is 14.2. The molecule has 2 aromatic rings. The molecule has 0 atom stereocenters. The summed E-state index contributed by atoms with van der Waals surface area (Å²) in [4.78, 5) is 13.8. The maximum absolute atomic E-state index is 12.1. The Balaban J connectivity index is 2.31. The standard InChI is InChI=1S/C12H10BrN3O/c1-15-7-8-2-3-9(13)6-11(8)16-10(12(15)17)4-5-14-16/h2-6H,7H2,1H3. The summed E-state index contributed by atoms with van der Waals surface area (Å²) in [5.41, 5.74) is 2.65. The number of hydrogen-bond donors (Lipinski definition) is 0. The van der Waals surface area contributed by atoms with Crippen LogP contribution >= 0.6 is 15.9 Å². The summed E-state index contributed by atoms with van der Waals surface area (Å²) in [6, 6.07) is 7.72. The zero-order valence-corrected chi connectivity index (χ0v) is 10.8. The number of halogens is 1. The van der Waals surface area contributed by atoms with Crippen molar-refractivity contribution in [3.8, 4) is 5.69 Å². The minimum absolute atomic E-state index is 0.00479. The van der Waals surface area contributed by atoms with Gasteiger partial charge in [0.05, 0.1) is 11.9 Å². The van der Waals surface area contributed by atoms with E-state index in [4.69, 9.17) is 0 Å². The number of carbonyl (C=O) groups excluding carboxylic acids is 1. The minimum atomic E-state index is -0.00479. The molecule has 0 saturated carbocycles. The molecule has 0 unspecified atom stereocenters. The molecule has 86 valence electrons. The lowest BCUT2D eigenvalue weighted by Gasteiger charge is -2.13. The van der Waals surface area contributed by atoms with E-state index < -0.39 is 0 Å². The molecule has 5 heteroatoms. The molecule has 0 fully saturated rings. The molecule has 17 heavy (non-hydrogen) atoms. The van der Waals surface area contributed by atoms with E-state index in [9.17, 15) is 4.79 Å². The maximum atomic E-state index is 12.1. The van der Waals surface area contributed by atoms with E-state index in [1.165, 1.54) is 0 Å². The number of hydrogen-bond acceptors (Lipinski definition) is 2. The number of benzene rings is 1. The molecule has 1 aromatic carbocycles. The fourth-order valence-electron chi connectivity index (χ4n) is 2.05. The molecule has 1 aromatic heterocycles. The number of aromatic nitrogens is 2. The van der Waals surface area contributed by atoms with Crippen LogP contribution in [0.1, 0.15) is 16.1 Å². The van der Waals surface area contributed by atoms with Gasteiger partial charge in [0, 0.05) is 18.1 Å². The Morgan fingerprint density at radius 3 is 3.00 bits per heavy atom. The molecule has 0 bridgehead atoms. The van der Waals surface area contributed by atoms with E-state index in [1.54, 1.807) is 28.9 Å². The van der Waals surface area contributed by atoms with E-state index in [0.29, 0.717) is 12.2 Å². The van der Waals surface area contributed by atoms with Crippen LogP contribution in [-0.2, 0) is 6.54 Å². The first-order valence-electron chi connectivity index (χ1n) is 5.25. The van der Waals surface area contributed by atoms with Gasteiger partial charge >= 0.3 is 0 Å². The van der Waals surface area contributed by atoms with Crippen molar-refractivity contribution in [2.75, 3.05) is 7.05 Å². The monoisotopic (exact) mass is 291 g/mol. The molecule has 1 aliphatic heterocycles. The molecule has 1 amide bonds. The van der Waals surface area contributed by atoms with Crippen molar-refractivity contribution in [2.45, 2.75) is 6.54 Å². The van der Waals surface area contributed by atoms with Gasteiger partial charge in [-0.05, 0) is 23.8 Å². The molecule has 0 aliphatic carbocycles. The molecular formula is C12H10BrN3O. The third-order valence-corrected chi connectivity index (χ3v) is 3.38. The first-order chi connectivity index (χ1) is 8.16. The van der Waals surface area contributed by atoms with Crippen molar-refractivity contribution in [3.63, 3.8) is 0 Å². The SMILES string of the molecule is CN1Cc2ccc(Br)cc2-n2nccc2C1=O. The minimum Gasteiger partial charge on any atom is -0.336 e. The summed E-state index contributed by atoms with van der Waals surface area (Å²) in [5.74, 6) is -0.00479. The highest BCUT2D eigenvalue weighted by Gasteiger charge is 2.23. The Hall–Kier alpha value is -1.62. The van der Waals surface area contributed by atoms with Crippen LogP contribution in [0.25, 0.3) is 5.69 Å². The van der Waals surface area contributed by atoms with Crippen molar-refractivity contribution in [1.29, 1.82) is 0 Å². The lowest BCUT2D eigenvalue weighted by atomic mass is 10.2. The second kappa shape index (κ2) is 3.70. The van der Waals surface area contributed by atoms with Crippen molar-refractivity contribution in [2.24, 2.45) is 0 Å². The number of rotatable bonds is 0. The summed E-state index contributed by atoms with van der Waals surface area (Å²) in [6.07, 6.45) is 1.65. The van der Waals surface area contributed by atoms with Crippen LogP contribution in [0.15, 0.2) is 34.9 Å². The average molecular weight is 292 g/mol. The fourth-order valence-corrected chi connectivity index (χ4v) is 2.40. The van der Waals surface area contributed by atoms with Gasteiger partial charge in [-0.3, -0.25) is 4.79 Å². The van der Waals surface area contributed by atoms with Gasteiger partial charge in [-0.2, -0.15) is 5.10 Å². The lowest BCUT2D eigenvalue weighted by Crippen LogP contribution is -2.25. The Morgan fingerprint density at radius 2 is 2.18 bits per heavy atom. The summed E-state index contributed by atoms with van der Waals surface area (Å²) in [7, 11) is 1.80. The molecule has 4 nitrogen and oxygen atoms in total. The number of carbonyl (C=O) groups is 1. The number of amides is 1. The Labute approximate surface area is 107 Å². The van der Waals surface area contributed by atoms with Gasteiger partial charge in [0.15, 0.2) is 0 Å². The quantitative estimate of drug-likeness (QED) is 0.746. The van der Waals surface area contributed by atoms with E-state index in [2.05, 4.69) is 21.0 Å². The van der Waals surface area contributed by atoms with Crippen molar-refractivity contribution in [1.82, 2.24) is 14.7 Å². The largest absolute Gasteiger partial charge is 0.336 e. The van der Waals surface area contributed by atoms with Crippen LogP contribution < -0.4 is 0 Å². The number of nitrogens with zero attached hydrogens (tertiary/aromatic N) is 3. The van der Waals surface area contributed by atoms with Crippen LogP contribution in [0.2, 0.25) is 0 Å². The van der Waals surface area contributed by atoms with E-state index in [1.807, 2.05) is 18.2 Å². The van der Waals surface area contributed by atoms with Crippen LogP contribution in [-0.4, -0.2) is 27.6 Å².